The van der Waals surface area contributed by atoms with Gasteiger partial charge in [0.15, 0.2) is 0 Å². The lowest BCUT2D eigenvalue weighted by Crippen LogP contribution is -2.42. The van der Waals surface area contributed by atoms with Crippen LogP contribution in [0.4, 0.5) is 0 Å². The van der Waals surface area contributed by atoms with Crippen LogP contribution in [0.15, 0.2) is 0 Å². The number of hydrogen-bond acceptors (Lipinski definition) is 4. The van der Waals surface area contributed by atoms with Crippen molar-refractivity contribution >= 4 is 0 Å². The van der Waals surface area contributed by atoms with Crippen LogP contribution in [0.2, 0.25) is 0 Å². The predicted molar refractivity (Wildman–Crippen MR) is 47.2 cm³/mol. The Labute approximate surface area is 77.8 Å². The molecule has 13 heavy (non-hydrogen) atoms. The van der Waals surface area contributed by atoms with Crippen LogP contribution in [0.1, 0.15) is 19.8 Å². The Morgan fingerprint density at radius 2 is 1.92 bits per heavy atom. The van der Waals surface area contributed by atoms with E-state index in [2.05, 4.69) is 11.8 Å². The maximum atomic E-state index is 9.68. The summed E-state index contributed by atoms with van der Waals surface area (Å²) in [6.45, 7) is 2.01. The first-order valence-electron chi connectivity index (χ1n) is 4.91. The highest BCUT2D eigenvalue weighted by Gasteiger charge is 2.51. The van der Waals surface area contributed by atoms with Gasteiger partial charge in [-0.3, -0.25) is 4.90 Å². The molecule has 0 unspecified atom stereocenters. The summed E-state index contributed by atoms with van der Waals surface area (Å²) in [6, 6.07) is 0.161. The Kier molecular flexibility index (Phi) is 2.32. The number of aliphatic hydroxyl groups excluding tert-OH is 3. The van der Waals surface area contributed by atoms with Crippen molar-refractivity contribution in [1.29, 1.82) is 0 Å². The summed E-state index contributed by atoms with van der Waals surface area (Å²) in [6.07, 6.45) is 0.515. The van der Waals surface area contributed by atoms with Gasteiger partial charge in [0.2, 0.25) is 0 Å². The van der Waals surface area contributed by atoms with Crippen LogP contribution >= 0.6 is 0 Å². The fourth-order valence-electron chi connectivity index (χ4n) is 2.79. The summed E-state index contributed by atoms with van der Waals surface area (Å²) in [5.74, 6) is 0. The molecule has 2 rings (SSSR count). The Morgan fingerprint density at radius 1 is 1.23 bits per heavy atom. The van der Waals surface area contributed by atoms with E-state index in [-0.39, 0.29) is 18.7 Å². The molecule has 2 aliphatic heterocycles. The number of nitrogens with zero attached hydrogens (tertiary/aromatic N) is 1. The van der Waals surface area contributed by atoms with Gasteiger partial charge in [-0.15, -0.1) is 0 Å². The average Bonchev–Trinajstić information content (AvgIpc) is 2.58. The van der Waals surface area contributed by atoms with Crippen LogP contribution in [-0.2, 0) is 0 Å². The number of fused-ring (bicyclic) bond motifs is 1. The minimum atomic E-state index is -0.780. The molecule has 2 heterocycles. The van der Waals surface area contributed by atoms with Crippen LogP contribution in [0.3, 0.4) is 0 Å². The highest BCUT2D eigenvalue weighted by Crippen LogP contribution is 2.36. The summed E-state index contributed by atoms with van der Waals surface area (Å²) in [4.78, 5) is 2.06. The summed E-state index contributed by atoms with van der Waals surface area (Å²) in [5.41, 5.74) is 0. The van der Waals surface area contributed by atoms with E-state index in [0.717, 1.165) is 12.8 Å². The number of aliphatic hydroxyl groups is 3. The third-order valence-electron chi connectivity index (χ3n) is 3.48. The van der Waals surface area contributed by atoms with Crippen molar-refractivity contribution in [1.82, 2.24) is 4.90 Å². The van der Waals surface area contributed by atoms with Gasteiger partial charge >= 0.3 is 0 Å². The second-order valence-corrected chi connectivity index (χ2v) is 4.17. The van der Waals surface area contributed by atoms with Gasteiger partial charge in [0.05, 0.1) is 24.9 Å². The second kappa shape index (κ2) is 3.20. The van der Waals surface area contributed by atoms with Crippen molar-refractivity contribution in [2.45, 2.75) is 50.1 Å². The molecule has 0 aromatic rings. The Balaban J connectivity index is 2.20. The zero-order valence-corrected chi connectivity index (χ0v) is 7.80. The second-order valence-electron chi connectivity index (χ2n) is 4.17. The maximum Gasteiger partial charge on any atom is 0.0991 e. The highest BCUT2D eigenvalue weighted by atomic mass is 16.3. The molecule has 0 radical (unpaired) electrons. The molecule has 0 spiro atoms. The third kappa shape index (κ3) is 1.21. The van der Waals surface area contributed by atoms with Crippen molar-refractivity contribution in [3.05, 3.63) is 0 Å². The van der Waals surface area contributed by atoms with E-state index in [1.807, 2.05) is 0 Å². The van der Waals surface area contributed by atoms with Gasteiger partial charge in [0.1, 0.15) is 0 Å². The molecule has 3 N–H and O–H groups in total. The Bertz CT molecular complexity index is 197. The quantitative estimate of drug-likeness (QED) is 0.489. The van der Waals surface area contributed by atoms with Crippen molar-refractivity contribution in [3.8, 4) is 0 Å². The van der Waals surface area contributed by atoms with Crippen molar-refractivity contribution in [2.24, 2.45) is 0 Å². The van der Waals surface area contributed by atoms with Crippen molar-refractivity contribution in [2.75, 3.05) is 6.61 Å². The molecule has 4 heteroatoms. The van der Waals surface area contributed by atoms with E-state index < -0.39 is 12.2 Å². The highest BCUT2D eigenvalue weighted by molar-refractivity contribution is 5.05. The van der Waals surface area contributed by atoms with Gasteiger partial charge in [-0.2, -0.15) is 0 Å². The first-order valence-corrected chi connectivity index (χ1v) is 4.91. The van der Waals surface area contributed by atoms with Gasteiger partial charge < -0.3 is 15.3 Å². The van der Waals surface area contributed by atoms with Crippen molar-refractivity contribution in [3.63, 3.8) is 0 Å². The molecular formula is C9H17NO3. The summed E-state index contributed by atoms with van der Waals surface area (Å²) >= 11 is 0. The molecule has 76 valence electrons. The summed E-state index contributed by atoms with van der Waals surface area (Å²) < 4.78 is 0. The molecule has 0 aliphatic carbocycles. The lowest BCUT2D eigenvalue weighted by atomic mass is 10.0. The van der Waals surface area contributed by atoms with Crippen LogP contribution in [0.25, 0.3) is 0 Å². The van der Waals surface area contributed by atoms with E-state index >= 15 is 0 Å². The Morgan fingerprint density at radius 3 is 2.54 bits per heavy atom. The fourth-order valence-corrected chi connectivity index (χ4v) is 2.79. The normalized spacial score (nSPS) is 51.2. The molecule has 2 aliphatic rings. The topological polar surface area (TPSA) is 63.9 Å². The lowest BCUT2D eigenvalue weighted by Gasteiger charge is -2.27. The van der Waals surface area contributed by atoms with E-state index in [9.17, 15) is 10.2 Å². The van der Waals surface area contributed by atoms with Crippen LogP contribution in [0.5, 0.6) is 0 Å². The molecule has 4 nitrogen and oxygen atoms in total. The smallest absolute Gasteiger partial charge is 0.0991 e. The monoisotopic (exact) mass is 187 g/mol. The van der Waals surface area contributed by atoms with Crippen LogP contribution in [-0.4, -0.2) is 57.2 Å². The zero-order chi connectivity index (χ0) is 9.59. The van der Waals surface area contributed by atoms with Gasteiger partial charge in [0, 0.05) is 12.1 Å². The van der Waals surface area contributed by atoms with Crippen LogP contribution < -0.4 is 0 Å². The molecule has 0 aromatic heterocycles. The average molecular weight is 187 g/mol. The standard InChI is InChI=1S/C9H17NO3/c1-5-2-3-6-8(12)9(13)7(4-11)10(5)6/h5-9,11-13H,2-4H2,1H3/t5-,6+,7-,8-,9+/m0/s1. The van der Waals surface area contributed by atoms with Crippen LogP contribution in [0, 0.1) is 0 Å². The molecule has 0 aromatic carbocycles. The van der Waals surface area contributed by atoms with E-state index in [1.165, 1.54) is 0 Å². The lowest BCUT2D eigenvalue weighted by molar-refractivity contribution is 0.0132. The maximum absolute atomic E-state index is 9.68. The molecule has 0 amide bonds. The summed E-state index contributed by atoms with van der Waals surface area (Å²) in [5, 5.41) is 28.4. The molecule has 5 atom stereocenters. The minimum Gasteiger partial charge on any atom is -0.395 e. The molecular weight excluding hydrogens is 170 g/mol. The third-order valence-corrected chi connectivity index (χ3v) is 3.48. The molecule has 2 saturated heterocycles. The van der Waals surface area contributed by atoms with Gasteiger partial charge in [0.25, 0.3) is 0 Å². The fraction of sp³-hybridized carbons (Fsp3) is 1.00. The molecule has 0 bridgehead atoms. The number of hydrogen-bond donors (Lipinski definition) is 3. The Hall–Kier alpha value is -0.160. The predicted octanol–water partition coefficient (Wildman–Crippen LogP) is -1.06. The van der Waals surface area contributed by atoms with Gasteiger partial charge in [-0.05, 0) is 19.8 Å². The zero-order valence-electron chi connectivity index (χ0n) is 7.80. The SMILES string of the molecule is C[C@H]1CC[C@@H]2[C@H](O)[C@H](O)[C@H](CO)N21. The minimum absolute atomic E-state index is 0.0575. The van der Waals surface area contributed by atoms with Crippen molar-refractivity contribution < 1.29 is 15.3 Å². The summed E-state index contributed by atoms with van der Waals surface area (Å²) in [7, 11) is 0. The number of rotatable bonds is 1. The van der Waals surface area contributed by atoms with E-state index in [0.29, 0.717) is 6.04 Å². The van der Waals surface area contributed by atoms with Gasteiger partial charge in [-0.1, -0.05) is 0 Å². The largest absolute Gasteiger partial charge is 0.395 e. The van der Waals surface area contributed by atoms with Gasteiger partial charge in [-0.25, -0.2) is 0 Å². The molecule has 0 saturated carbocycles. The van der Waals surface area contributed by atoms with E-state index in [4.69, 9.17) is 5.11 Å². The molecule has 2 fully saturated rings. The first kappa shape index (κ1) is 9.40. The first-order chi connectivity index (χ1) is 6.16. The van der Waals surface area contributed by atoms with E-state index in [1.54, 1.807) is 0 Å².